The summed E-state index contributed by atoms with van der Waals surface area (Å²) in [7, 11) is -2.60. The first-order chi connectivity index (χ1) is 12.7. The van der Waals surface area contributed by atoms with E-state index in [9.17, 15) is 22.4 Å². The van der Waals surface area contributed by atoms with Crippen molar-refractivity contribution in [1.82, 2.24) is 10.0 Å². The minimum atomic E-state index is -3.83. The van der Waals surface area contributed by atoms with Crippen molar-refractivity contribution in [3.05, 3.63) is 52.7 Å². The second-order valence-corrected chi connectivity index (χ2v) is 7.27. The largest absolute Gasteiger partial charge is 0.465 e. The van der Waals surface area contributed by atoms with Gasteiger partial charge in [0.15, 0.2) is 0 Å². The molecule has 2 N–H and O–H groups in total. The van der Waals surface area contributed by atoms with Gasteiger partial charge < -0.3 is 14.5 Å². The van der Waals surface area contributed by atoms with Gasteiger partial charge in [0.25, 0.3) is 5.91 Å². The van der Waals surface area contributed by atoms with Gasteiger partial charge >= 0.3 is 5.97 Å². The first kappa shape index (κ1) is 20.6. The summed E-state index contributed by atoms with van der Waals surface area (Å²) in [6.07, 6.45) is 0. The van der Waals surface area contributed by atoms with Gasteiger partial charge in [0.1, 0.15) is 22.9 Å². The molecule has 146 valence electrons. The number of ether oxygens (including phenoxy) is 1. The lowest BCUT2D eigenvalue weighted by atomic mass is 10.2. The summed E-state index contributed by atoms with van der Waals surface area (Å²) >= 11 is 0. The molecule has 0 bridgehead atoms. The molecule has 0 saturated heterocycles. The highest BCUT2D eigenvalue weighted by atomic mass is 32.2. The van der Waals surface area contributed by atoms with Gasteiger partial charge in [-0.05, 0) is 31.2 Å². The molecular formula is C17H19FN2O6S. The number of carbonyl (C=O) groups is 2. The van der Waals surface area contributed by atoms with Crippen molar-refractivity contribution < 1.29 is 31.6 Å². The van der Waals surface area contributed by atoms with Gasteiger partial charge in [-0.15, -0.1) is 0 Å². The molecule has 0 aliphatic rings. The molecular weight excluding hydrogens is 379 g/mol. The van der Waals surface area contributed by atoms with Crippen LogP contribution in [0.3, 0.4) is 0 Å². The highest BCUT2D eigenvalue weighted by molar-refractivity contribution is 7.89. The number of nitrogens with one attached hydrogen (secondary N) is 2. The Hall–Kier alpha value is -2.72. The second kappa shape index (κ2) is 8.31. The monoisotopic (exact) mass is 398 g/mol. The molecule has 27 heavy (non-hydrogen) atoms. The number of hydrogen-bond acceptors (Lipinski definition) is 6. The summed E-state index contributed by atoms with van der Waals surface area (Å²) in [5.74, 6) is -1.70. The summed E-state index contributed by atoms with van der Waals surface area (Å²) in [4.78, 5) is 23.6. The smallest absolute Gasteiger partial charge is 0.341 e. The van der Waals surface area contributed by atoms with E-state index in [0.717, 1.165) is 18.2 Å². The molecule has 1 amide bonds. The van der Waals surface area contributed by atoms with Crippen LogP contribution in [-0.2, 0) is 21.3 Å². The van der Waals surface area contributed by atoms with Crippen LogP contribution in [0.15, 0.2) is 33.6 Å². The number of hydrogen-bond donors (Lipinski definition) is 2. The molecule has 0 aliphatic heterocycles. The Balaban J connectivity index is 2.18. The SMILES string of the molecule is CCNS(=O)(=O)c1ccc(F)c(C(=O)NCc2cc(C(=O)OC)c(C)o2)c1. The van der Waals surface area contributed by atoms with E-state index in [4.69, 9.17) is 4.42 Å². The summed E-state index contributed by atoms with van der Waals surface area (Å²) in [5, 5.41) is 2.42. The summed E-state index contributed by atoms with van der Waals surface area (Å²) in [5.41, 5.74) is -0.211. The van der Waals surface area contributed by atoms with Gasteiger partial charge in [0.05, 0.1) is 24.1 Å². The van der Waals surface area contributed by atoms with E-state index in [2.05, 4.69) is 14.8 Å². The lowest BCUT2D eigenvalue weighted by molar-refractivity contribution is 0.0598. The van der Waals surface area contributed by atoms with Crippen LogP contribution in [0, 0.1) is 12.7 Å². The van der Waals surface area contributed by atoms with E-state index in [1.807, 2.05) is 0 Å². The van der Waals surface area contributed by atoms with Crippen LogP contribution < -0.4 is 10.0 Å². The average Bonchev–Trinajstić information content (AvgIpc) is 3.00. The molecule has 10 heteroatoms. The van der Waals surface area contributed by atoms with Gasteiger partial charge in [0, 0.05) is 6.54 Å². The van der Waals surface area contributed by atoms with Gasteiger partial charge in [-0.1, -0.05) is 6.92 Å². The van der Waals surface area contributed by atoms with Crippen molar-refractivity contribution in [3.8, 4) is 0 Å². The van der Waals surface area contributed by atoms with Crippen LogP contribution in [0.2, 0.25) is 0 Å². The van der Waals surface area contributed by atoms with E-state index in [1.54, 1.807) is 13.8 Å². The Morgan fingerprint density at radius 3 is 2.56 bits per heavy atom. The third-order valence-corrected chi connectivity index (χ3v) is 5.17. The molecule has 0 radical (unpaired) electrons. The summed E-state index contributed by atoms with van der Waals surface area (Å²) in [6, 6.07) is 4.34. The molecule has 0 atom stereocenters. The van der Waals surface area contributed by atoms with Crippen molar-refractivity contribution in [2.75, 3.05) is 13.7 Å². The molecule has 1 aromatic heterocycles. The lowest BCUT2D eigenvalue weighted by Gasteiger charge is -2.08. The van der Waals surface area contributed by atoms with Crippen LogP contribution in [-0.4, -0.2) is 33.9 Å². The van der Waals surface area contributed by atoms with Gasteiger partial charge in [0.2, 0.25) is 10.0 Å². The minimum absolute atomic E-state index is 0.125. The fraction of sp³-hybridized carbons (Fsp3) is 0.294. The maximum Gasteiger partial charge on any atom is 0.341 e. The standard InChI is InChI=1S/C17H19FN2O6S/c1-4-20-27(23,24)12-5-6-15(18)14(8-12)16(21)19-9-11-7-13(10(2)26-11)17(22)25-3/h5-8,20H,4,9H2,1-3H3,(H,19,21). The van der Waals surface area contributed by atoms with Crippen molar-refractivity contribution in [3.63, 3.8) is 0 Å². The maximum atomic E-state index is 14.0. The molecule has 0 saturated carbocycles. The number of rotatable bonds is 7. The number of furan rings is 1. The number of amides is 1. The van der Waals surface area contributed by atoms with Gasteiger partial charge in [-0.2, -0.15) is 0 Å². The Morgan fingerprint density at radius 1 is 1.22 bits per heavy atom. The fourth-order valence-electron chi connectivity index (χ4n) is 2.32. The summed E-state index contributed by atoms with van der Waals surface area (Å²) < 4.78 is 50.2. The van der Waals surface area contributed by atoms with E-state index >= 15 is 0 Å². The lowest BCUT2D eigenvalue weighted by Crippen LogP contribution is -2.26. The maximum absolute atomic E-state index is 14.0. The van der Waals surface area contributed by atoms with Crippen molar-refractivity contribution in [2.45, 2.75) is 25.3 Å². The van der Waals surface area contributed by atoms with E-state index in [1.165, 1.54) is 13.2 Å². The average molecular weight is 398 g/mol. The number of benzene rings is 1. The molecule has 2 aromatic rings. The minimum Gasteiger partial charge on any atom is -0.465 e. The Morgan fingerprint density at radius 2 is 1.93 bits per heavy atom. The number of aryl methyl sites for hydroxylation is 1. The summed E-state index contributed by atoms with van der Waals surface area (Å²) in [6.45, 7) is 3.19. The number of sulfonamides is 1. The molecule has 8 nitrogen and oxygen atoms in total. The molecule has 0 spiro atoms. The molecule has 0 aliphatic carbocycles. The molecule has 0 unspecified atom stereocenters. The van der Waals surface area contributed by atoms with Crippen LogP contribution in [0.4, 0.5) is 4.39 Å². The zero-order valence-corrected chi connectivity index (χ0v) is 15.8. The normalized spacial score (nSPS) is 11.3. The quantitative estimate of drug-likeness (QED) is 0.687. The van der Waals surface area contributed by atoms with Crippen molar-refractivity contribution in [2.24, 2.45) is 0 Å². The van der Waals surface area contributed by atoms with E-state index in [-0.39, 0.29) is 29.3 Å². The highest BCUT2D eigenvalue weighted by Crippen LogP contribution is 2.17. The van der Waals surface area contributed by atoms with Crippen LogP contribution >= 0.6 is 0 Å². The Bertz CT molecular complexity index is 968. The third-order valence-electron chi connectivity index (χ3n) is 3.62. The molecule has 2 rings (SSSR count). The number of carbonyl (C=O) groups excluding carboxylic acids is 2. The van der Waals surface area contributed by atoms with Crippen molar-refractivity contribution in [1.29, 1.82) is 0 Å². The van der Waals surface area contributed by atoms with Crippen LogP contribution in [0.25, 0.3) is 0 Å². The zero-order valence-electron chi connectivity index (χ0n) is 15.0. The first-order valence-electron chi connectivity index (χ1n) is 7.94. The molecule has 1 aromatic carbocycles. The first-order valence-corrected chi connectivity index (χ1v) is 9.43. The van der Waals surface area contributed by atoms with E-state index < -0.39 is 33.3 Å². The predicted octanol–water partition coefficient (Wildman–Crippen LogP) is 1.74. The zero-order chi connectivity index (χ0) is 20.2. The highest BCUT2D eigenvalue weighted by Gasteiger charge is 2.20. The number of esters is 1. The predicted molar refractivity (Wildman–Crippen MR) is 93.2 cm³/mol. The Labute approximate surface area is 155 Å². The van der Waals surface area contributed by atoms with Crippen LogP contribution in [0.5, 0.6) is 0 Å². The van der Waals surface area contributed by atoms with Gasteiger partial charge in [-0.3, -0.25) is 4.79 Å². The van der Waals surface area contributed by atoms with Crippen LogP contribution in [0.1, 0.15) is 39.2 Å². The molecule has 0 fully saturated rings. The second-order valence-electron chi connectivity index (χ2n) is 5.50. The van der Waals surface area contributed by atoms with E-state index in [0.29, 0.717) is 5.76 Å². The van der Waals surface area contributed by atoms with Gasteiger partial charge in [-0.25, -0.2) is 22.3 Å². The van der Waals surface area contributed by atoms with Crippen molar-refractivity contribution >= 4 is 21.9 Å². The number of halogens is 1. The third kappa shape index (κ3) is 4.72. The topological polar surface area (TPSA) is 115 Å². The number of methoxy groups -OCH3 is 1. The Kier molecular flexibility index (Phi) is 6.34. The fourth-order valence-corrected chi connectivity index (χ4v) is 3.39. The molecule has 1 heterocycles.